The van der Waals surface area contributed by atoms with Crippen molar-refractivity contribution in [3.63, 3.8) is 0 Å². The Hall–Kier alpha value is -2.49. The summed E-state index contributed by atoms with van der Waals surface area (Å²) in [6, 6.07) is 10.3. The van der Waals surface area contributed by atoms with Gasteiger partial charge in [0.25, 0.3) is 0 Å². The van der Waals surface area contributed by atoms with Crippen molar-refractivity contribution < 1.29 is 15.0 Å². The lowest BCUT2D eigenvalue weighted by atomic mass is 10.1. The van der Waals surface area contributed by atoms with Crippen molar-refractivity contribution in [1.29, 1.82) is 0 Å². The fourth-order valence-electron chi connectivity index (χ4n) is 1.99. The Morgan fingerprint density at radius 3 is 2.60 bits per heavy atom. The number of hydrogen-bond acceptors (Lipinski definition) is 3. The first kappa shape index (κ1) is 13.9. The Morgan fingerprint density at radius 2 is 1.90 bits per heavy atom. The maximum Gasteiger partial charge on any atom is 0.335 e. The molecule has 0 atom stereocenters. The van der Waals surface area contributed by atoms with Crippen LogP contribution in [0.3, 0.4) is 0 Å². The molecule has 0 aromatic heterocycles. The number of phenolic OH excluding ortho intramolecular Hbond substituents is 1. The Balaban J connectivity index is 2.20. The van der Waals surface area contributed by atoms with Gasteiger partial charge in [0.1, 0.15) is 5.75 Å². The lowest BCUT2D eigenvalue weighted by Gasteiger charge is -2.12. The predicted octanol–water partition coefficient (Wildman–Crippen LogP) is 3.32. The number of carbonyl (C=O) groups is 1. The van der Waals surface area contributed by atoms with Crippen LogP contribution in [0, 0.1) is 13.8 Å². The van der Waals surface area contributed by atoms with Gasteiger partial charge >= 0.3 is 5.97 Å². The molecule has 0 radical (unpaired) electrons. The second kappa shape index (κ2) is 5.65. The lowest BCUT2D eigenvalue weighted by Crippen LogP contribution is -2.04. The summed E-state index contributed by atoms with van der Waals surface area (Å²) in [5.41, 5.74) is 3.81. The zero-order valence-corrected chi connectivity index (χ0v) is 11.5. The number of hydrogen-bond donors (Lipinski definition) is 3. The lowest BCUT2D eigenvalue weighted by molar-refractivity contribution is 0.0697. The molecule has 0 saturated heterocycles. The first-order valence-electron chi connectivity index (χ1n) is 6.33. The fraction of sp³-hybridized carbons (Fsp3) is 0.188. The summed E-state index contributed by atoms with van der Waals surface area (Å²) in [5, 5.41) is 22.0. The van der Waals surface area contributed by atoms with Gasteiger partial charge in [-0.15, -0.1) is 0 Å². The van der Waals surface area contributed by atoms with E-state index in [1.807, 2.05) is 26.0 Å². The third-order valence-electron chi connectivity index (χ3n) is 3.19. The fourth-order valence-corrected chi connectivity index (χ4v) is 1.99. The van der Waals surface area contributed by atoms with Gasteiger partial charge in [-0.25, -0.2) is 4.79 Å². The molecule has 2 rings (SSSR count). The molecule has 0 fully saturated rings. The van der Waals surface area contributed by atoms with Crippen molar-refractivity contribution in [2.75, 3.05) is 5.32 Å². The van der Waals surface area contributed by atoms with E-state index < -0.39 is 5.97 Å². The smallest absolute Gasteiger partial charge is 0.335 e. The van der Waals surface area contributed by atoms with Gasteiger partial charge in [-0.05, 0) is 37.6 Å². The van der Waals surface area contributed by atoms with Crippen LogP contribution in [-0.4, -0.2) is 16.2 Å². The third kappa shape index (κ3) is 3.09. The number of aryl methyl sites for hydroxylation is 2. The summed E-state index contributed by atoms with van der Waals surface area (Å²) in [6.07, 6.45) is 0. The molecule has 0 aliphatic heterocycles. The van der Waals surface area contributed by atoms with E-state index in [0.717, 1.165) is 22.4 Å². The van der Waals surface area contributed by atoms with Gasteiger partial charge < -0.3 is 15.5 Å². The number of nitrogens with one attached hydrogen (secondary N) is 1. The highest BCUT2D eigenvalue weighted by atomic mass is 16.4. The van der Waals surface area contributed by atoms with Crippen molar-refractivity contribution in [2.24, 2.45) is 0 Å². The van der Waals surface area contributed by atoms with Crippen LogP contribution in [0.2, 0.25) is 0 Å². The minimum Gasteiger partial charge on any atom is -0.508 e. The maximum atomic E-state index is 11.0. The van der Waals surface area contributed by atoms with Crippen LogP contribution in [0.25, 0.3) is 0 Å². The van der Waals surface area contributed by atoms with Crippen molar-refractivity contribution in [2.45, 2.75) is 20.4 Å². The number of aromatic hydroxyl groups is 1. The van der Waals surface area contributed by atoms with E-state index in [2.05, 4.69) is 5.32 Å². The molecule has 0 saturated carbocycles. The van der Waals surface area contributed by atoms with E-state index in [0.29, 0.717) is 6.54 Å². The largest absolute Gasteiger partial charge is 0.508 e. The quantitative estimate of drug-likeness (QED) is 0.798. The van der Waals surface area contributed by atoms with Crippen LogP contribution in [0.1, 0.15) is 27.0 Å². The first-order valence-corrected chi connectivity index (χ1v) is 6.33. The van der Waals surface area contributed by atoms with E-state index in [-0.39, 0.29) is 11.3 Å². The molecule has 3 N–H and O–H groups in total. The molecular formula is C16H17NO3. The average Bonchev–Trinajstić information content (AvgIpc) is 2.41. The molecule has 20 heavy (non-hydrogen) atoms. The van der Waals surface area contributed by atoms with E-state index >= 15 is 0 Å². The van der Waals surface area contributed by atoms with E-state index in [1.54, 1.807) is 24.3 Å². The summed E-state index contributed by atoms with van der Waals surface area (Å²) >= 11 is 0. The van der Waals surface area contributed by atoms with Crippen LogP contribution in [0.4, 0.5) is 5.69 Å². The molecular weight excluding hydrogens is 254 g/mol. The second-order valence-electron chi connectivity index (χ2n) is 4.82. The topological polar surface area (TPSA) is 69.6 Å². The highest BCUT2D eigenvalue weighted by molar-refractivity contribution is 5.89. The van der Waals surface area contributed by atoms with Crippen molar-refractivity contribution in [3.05, 3.63) is 58.7 Å². The minimum absolute atomic E-state index is 0.232. The Morgan fingerprint density at radius 1 is 1.15 bits per heavy atom. The van der Waals surface area contributed by atoms with Crippen LogP contribution in [0.15, 0.2) is 36.4 Å². The molecule has 0 aliphatic carbocycles. The normalized spacial score (nSPS) is 10.3. The molecule has 2 aromatic carbocycles. The van der Waals surface area contributed by atoms with Gasteiger partial charge in [-0.1, -0.05) is 23.8 Å². The zero-order chi connectivity index (χ0) is 14.7. The Labute approximate surface area is 117 Å². The van der Waals surface area contributed by atoms with Crippen molar-refractivity contribution in [1.82, 2.24) is 0 Å². The van der Waals surface area contributed by atoms with Crippen molar-refractivity contribution >= 4 is 11.7 Å². The standard InChI is InChI=1S/C16H17NO3/c1-10-3-6-15(18)13(7-10)9-17-14-8-12(16(19)20)5-4-11(14)2/h3-8,17-18H,9H2,1-2H3,(H,19,20). The zero-order valence-electron chi connectivity index (χ0n) is 11.5. The molecule has 2 aromatic rings. The molecule has 0 amide bonds. The molecule has 0 heterocycles. The molecule has 0 bridgehead atoms. The van der Waals surface area contributed by atoms with Crippen molar-refractivity contribution in [3.8, 4) is 5.75 Å². The van der Waals surface area contributed by atoms with Gasteiger partial charge in [0.15, 0.2) is 0 Å². The van der Waals surface area contributed by atoms with Gasteiger partial charge in [0.2, 0.25) is 0 Å². The molecule has 104 valence electrons. The monoisotopic (exact) mass is 271 g/mol. The first-order chi connectivity index (χ1) is 9.47. The van der Waals surface area contributed by atoms with Gasteiger partial charge in [0, 0.05) is 17.8 Å². The minimum atomic E-state index is -0.952. The summed E-state index contributed by atoms with van der Waals surface area (Å²) in [7, 11) is 0. The number of carboxylic acid groups (broad SMARTS) is 1. The Kier molecular flexibility index (Phi) is 3.94. The number of aromatic carboxylic acids is 1. The van der Waals surface area contributed by atoms with E-state index in [9.17, 15) is 9.90 Å². The molecule has 4 heteroatoms. The van der Waals surface area contributed by atoms with Gasteiger partial charge in [0.05, 0.1) is 5.56 Å². The van der Waals surface area contributed by atoms with Gasteiger partial charge in [-0.3, -0.25) is 0 Å². The number of benzene rings is 2. The summed E-state index contributed by atoms with van der Waals surface area (Å²) in [4.78, 5) is 11.0. The van der Waals surface area contributed by atoms with Crippen LogP contribution < -0.4 is 5.32 Å². The SMILES string of the molecule is Cc1ccc(O)c(CNc2cc(C(=O)O)ccc2C)c1. The predicted molar refractivity (Wildman–Crippen MR) is 78.3 cm³/mol. The Bertz CT molecular complexity index is 650. The van der Waals surface area contributed by atoms with E-state index in [4.69, 9.17) is 5.11 Å². The maximum absolute atomic E-state index is 11.0. The third-order valence-corrected chi connectivity index (χ3v) is 3.19. The van der Waals surface area contributed by atoms with Crippen LogP contribution in [-0.2, 0) is 6.54 Å². The number of anilines is 1. The highest BCUT2D eigenvalue weighted by Gasteiger charge is 2.07. The summed E-state index contributed by atoms with van der Waals surface area (Å²) in [5.74, 6) is -0.721. The number of phenols is 1. The van der Waals surface area contributed by atoms with E-state index in [1.165, 1.54) is 0 Å². The average molecular weight is 271 g/mol. The molecule has 4 nitrogen and oxygen atoms in total. The molecule has 0 spiro atoms. The molecule has 0 unspecified atom stereocenters. The van der Waals surface area contributed by atoms with Crippen LogP contribution in [0.5, 0.6) is 5.75 Å². The number of rotatable bonds is 4. The highest BCUT2D eigenvalue weighted by Crippen LogP contribution is 2.22. The van der Waals surface area contributed by atoms with Crippen LogP contribution >= 0.6 is 0 Å². The van der Waals surface area contributed by atoms with Gasteiger partial charge in [-0.2, -0.15) is 0 Å². The molecule has 0 aliphatic rings. The summed E-state index contributed by atoms with van der Waals surface area (Å²) < 4.78 is 0. The summed E-state index contributed by atoms with van der Waals surface area (Å²) in [6.45, 7) is 4.31. The number of carboxylic acids is 1. The second-order valence-corrected chi connectivity index (χ2v) is 4.82.